The highest BCUT2D eigenvalue weighted by Gasteiger charge is 2.21. The van der Waals surface area contributed by atoms with Crippen molar-refractivity contribution in [2.24, 2.45) is 5.41 Å². The lowest BCUT2D eigenvalue weighted by Crippen LogP contribution is -2.25. The molecule has 0 aromatic rings. The molecule has 0 aliphatic heterocycles. The van der Waals surface area contributed by atoms with E-state index in [0.29, 0.717) is 12.8 Å². The lowest BCUT2D eigenvalue weighted by Gasteiger charge is -2.25. The van der Waals surface area contributed by atoms with Crippen LogP contribution in [-0.2, 0) is 9.84 Å². The van der Waals surface area contributed by atoms with Gasteiger partial charge in [-0.25, -0.2) is 8.42 Å². The fourth-order valence-corrected chi connectivity index (χ4v) is 1.86. The van der Waals surface area contributed by atoms with Crippen molar-refractivity contribution >= 4 is 9.84 Å². The molecular weight excluding hydrogens is 200 g/mol. The third kappa shape index (κ3) is 7.33. The summed E-state index contributed by atoms with van der Waals surface area (Å²) in [5.74, 6) is 0.226. The van der Waals surface area contributed by atoms with E-state index in [2.05, 4.69) is 0 Å². The van der Waals surface area contributed by atoms with E-state index in [-0.39, 0.29) is 17.3 Å². The van der Waals surface area contributed by atoms with Crippen LogP contribution in [0.2, 0.25) is 0 Å². The van der Waals surface area contributed by atoms with E-state index in [0.717, 1.165) is 6.42 Å². The summed E-state index contributed by atoms with van der Waals surface area (Å²) < 4.78 is 21.6. The molecule has 0 saturated carbocycles. The second-order valence-electron chi connectivity index (χ2n) is 5.01. The molecule has 0 amide bonds. The van der Waals surface area contributed by atoms with Crippen LogP contribution < -0.4 is 0 Å². The van der Waals surface area contributed by atoms with Crippen molar-refractivity contribution in [1.82, 2.24) is 0 Å². The van der Waals surface area contributed by atoms with Crippen molar-refractivity contribution < 1.29 is 13.5 Å². The van der Waals surface area contributed by atoms with Gasteiger partial charge in [-0.05, 0) is 24.7 Å². The molecule has 0 aliphatic carbocycles. The zero-order valence-corrected chi connectivity index (χ0v) is 10.4. The molecule has 3 nitrogen and oxygen atoms in total. The lowest BCUT2D eigenvalue weighted by molar-refractivity contribution is 0.0538. The van der Waals surface area contributed by atoms with Crippen LogP contribution in [0, 0.1) is 5.41 Å². The monoisotopic (exact) mass is 222 g/mol. The Morgan fingerprint density at radius 1 is 1.21 bits per heavy atom. The first-order chi connectivity index (χ1) is 6.13. The molecule has 4 heteroatoms. The maximum Gasteiger partial charge on any atom is 0.147 e. The van der Waals surface area contributed by atoms with Crippen molar-refractivity contribution in [1.29, 1.82) is 0 Å². The van der Waals surface area contributed by atoms with Crippen LogP contribution in [0.1, 0.15) is 40.0 Å². The van der Waals surface area contributed by atoms with Gasteiger partial charge < -0.3 is 5.11 Å². The van der Waals surface area contributed by atoms with Gasteiger partial charge in [0.25, 0.3) is 0 Å². The Morgan fingerprint density at radius 3 is 2.07 bits per heavy atom. The summed E-state index contributed by atoms with van der Waals surface area (Å²) in [6, 6.07) is 0. The van der Waals surface area contributed by atoms with Crippen LogP contribution in [0.15, 0.2) is 0 Å². The van der Waals surface area contributed by atoms with Crippen molar-refractivity contribution in [3.05, 3.63) is 0 Å². The molecule has 0 spiro atoms. The summed E-state index contributed by atoms with van der Waals surface area (Å²) in [6.07, 6.45) is 2.99. The Bertz CT molecular complexity index is 249. The summed E-state index contributed by atoms with van der Waals surface area (Å²) in [5.41, 5.74) is -0.106. The third-order valence-corrected chi connectivity index (χ3v) is 3.27. The Balaban J connectivity index is 3.66. The van der Waals surface area contributed by atoms with Gasteiger partial charge in [0.15, 0.2) is 0 Å². The first-order valence-electron chi connectivity index (χ1n) is 4.99. The number of hydrogen-bond acceptors (Lipinski definition) is 3. The molecule has 1 unspecified atom stereocenters. The van der Waals surface area contributed by atoms with Gasteiger partial charge in [-0.2, -0.15) is 0 Å². The number of rotatable bonds is 5. The van der Waals surface area contributed by atoms with E-state index in [1.54, 1.807) is 0 Å². The van der Waals surface area contributed by atoms with E-state index in [9.17, 15) is 13.5 Å². The molecular formula is C10H22O3S. The molecule has 0 saturated heterocycles. The lowest BCUT2D eigenvalue weighted by atomic mass is 9.86. The topological polar surface area (TPSA) is 54.4 Å². The Morgan fingerprint density at radius 2 is 1.71 bits per heavy atom. The van der Waals surface area contributed by atoms with Gasteiger partial charge in [0.1, 0.15) is 9.84 Å². The van der Waals surface area contributed by atoms with Crippen molar-refractivity contribution in [3.63, 3.8) is 0 Å². The second-order valence-corrected chi connectivity index (χ2v) is 7.27. The van der Waals surface area contributed by atoms with E-state index >= 15 is 0 Å². The van der Waals surface area contributed by atoms with Crippen LogP contribution in [0.25, 0.3) is 0 Å². The van der Waals surface area contributed by atoms with E-state index < -0.39 is 9.84 Å². The number of aliphatic hydroxyl groups is 1. The number of hydrogen-bond donors (Lipinski definition) is 1. The van der Waals surface area contributed by atoms with Gasteiger partial charge in [-0.15, -0.1) is 0 Å². The molecule has 0 radical (unpaired) electrons. The molecule has 1 atom stereocenters. The number of unbranched alkanes of at least 4 members (excludes halogenated alkanes) is 1. The maximum atomic E-state index is 10.8. The van der Waals surface area contributed by atoms with Crippen molar-refractivity contribution in [3.8, 4) is 0 Å². The number of aliphatic hydroxyl groups excluding tert-OH is 1. The minimum atomic E-state index is -2.84. The maximum absolute atomic E-state index is 10.8. The Hall–Kier alpha value is -0.0900. The highest BCUT2D eigenvalue weighted by Crippen LogP contribution is 2.23. The molecule has 14 heavy (non-hydrogen) atoms. The molecule has 0 fully saturated rings. The largest absolute Gasteiger partial charge is 0.393 e. The SMILES string of the molecule is CC(C)(C)C(O)CCCCS(C)(=O)=O. The molecule has 1 N–H and O–H groups in total. The Kier molecular flexibility index (Phi) is 5.09. The zero-order valence-electron chi connectivity index (χ0n) is 9.58. The molecule has 0 aliphatic rings. The highest BCUT2D eigenvalue weighted by atomic mass is 32.2. The highest BCUT2D eigenvalue weighted by molar-refractivity contribution is 7.90. The van der Waals surface area contributed by atoms with Crippen molar-refractivity contribution in [2.45, 2.75) is 46.1 Å². The molecule has 0 rings (SSSR count). The Labute approximate surface area is 87.4 Å². The van der Waals surface area contributed by atoms with E-state index in [1.807, 2.05) is 20.8 Å². The predicted molar refractivity (Wildman–Crippen MR) is 59.0 cm³/mol. The van der Waals surface area contributed by atoms with E-state index in [4.69, 9.17) is 0 Å². The summed E-state index contributed by atoms with van der Waals surface area (Å²) >= 11 is 0. The summed E-state index contributed by atoms with van der Waals surface area (Å²) in [5, 5.41) is 9.67. The number of sulfone groups is 1. The summed E-state index contributed by atoms with van der Waals surface area (Å²) in [6.45, 7) is 5.94. The first kappa shape index (κ1) is 13.9. The zero-order chi connectivity index (χ0) is 11.4. The minimum absolute atomic E-state index is 0.106. The van der Waals surface area contributed by atoms with E-state index in [1.165, 1.54) is 6.26 Å². The average Bonchev–Trinajstić information content (AvgIpc) is 1.93. The molecule has 0 aromatic heterocycles. The molecule has 0 heterocycles. The van der Waals surface area contributed by atoms with Crippen LogP contribution >= 0.6 is 0 Å². The quantitative estimate of drug-likeness (QED) is 0.719. The third-order valence-electron chi connectivity index (χ3n) is 2.24. The van der Waals surface area contributed by atoms with Crippen LogP contribution in [0.5, 0.6) is 0 Å². The molecule has 86 valence electrons. The van der Waals surface area contributed by atoms with Crippen LogP contribution in [0.3, 0.4) is 0 Å². The minimum Gasteiger partial charge on any atom is -0.393 e. The molecule has 0 aromatic carbocycles. The van der Waals surface area contributed by atoms with Gasteiger partial charge in [-0.3, -0.25) is 0 Å². The fourth-order valence-electron chi connectivity index (χ4n) is 1.13. The van der Waals surface area contributed by atoms with Gasteiger partial charge in [-0.1, -0.05) is 20.8 Å². The standard InChI is InChI=1S/C10H22O3S/c1-10(2,3)9(11)7-5-6-8-14(4,12)13/h9,11H,5-8H2,1-4H3. The normalized spacial score (nSPS) is 15.5. The van der Waals surface area contributed by atoms with Gasteiger partial charge in [0.2, 0.25) is 0 Å². The van der Waals surface area contributed by atoms with Crippen molar-refractivity contribution in [2.75, 3.05) is 12.0 Å². The fraction of sp³-hybridized carbons (Fsp3) is 1.00. The first-order valence-corrected chi connectivity index (χ1v) is 7.05. The van der Waals surface area contributed by atoms with Crippen LogP contribution in [0.4, 0.5) is 0 Å². The molecule has 0 bridgehead atoms. The van der Waals surface area contributed by atoms with Gasteiger partial charge >= 0.3 is 0 Å². The summed E-state index contributed by atoms with van der Waals surface area (Å²) in [4.78, 5) is 0. The smallest absolute Gasteiger partial charge is 0.147 e. The van der Waals surface area contributed by atoms with Gasteiger partial charge in [0.05, 0.1) is 6.10 Å². The summed E-state index contributed by atoms with van der Waals surface area (Å²) in [7, 11) is -2.84. The second kappa shape index (κ2) is 5.12. The van der Waals surface area contributed by atoms with Crippen LogP contribution in [-0.4, -0.2) is 31.6 Å². The van der Waals surface area contributed by atoms with Gasteiger partial charge in [0, 0.05) is 12.0 Å². The predicted octanol–water partition coefficient (Wildman–Crippen LogP) is 1.61. The average molecular weight is 222 g/mol.